The molecular formula is C12H22ClN3O. The number of benzene rings is 1. The van der Waals surface area contributed by atoms with Crippen molar-refractivity contribution < 1.29 is 5.11 Å². The summed E-state index contributed by atoms with van der Waals surface area (Å²) < 4.78 is 0. The van der Waals surface area contributed by atoms with Crippen LogP contribution in [-0.2, 0) is 0 Å². The van der Waals surface area contributed by atoms with Crippen molar-refractivity contribution in [1.29, 1.82) is 0 Å². The van der Waals surface area contributed by atoms with Crippen molar-refractivity contribution in [3.05, 3.63) is 23.8 Å². The number of phenols is 1. The molecule has 0 fully saturated rings. The van der Waals surface area contributed by atoms with Gasteiger partial charge in [-0.15, -0.1) is 12.4 Å². The van der Waals surface area contributed by atoms with Crippen LogP contribution < -0.4 is 16.4 Å². The minimum absolute atomic E-state index is 0. The molecule has 5 N–H and O–H groups in total. The van der Waals surface area contributed by atoms with Crippen molar-refractivity contribution in [1.82, 2.24) is 0 Å². The van der Waals surface area contributed by atoms with E-state index in [1.165, 1.54) is 0 Å². The molecule has 0 saturated heterocycles. The van der Waals surface area contributed by atoms with E-state index >= 15 is 0 Å². The number of aromatic hydroxyl groups is 1. The predicted molar refractivity (Wildman–Crippen MR) is 74.9 cm³/mol. The molecule has 17 heavy (non-hydrogen) atoms. The Morgan fingerprint density at radius 1 is 1.29 bits per heavy atom. The Morgan fingerprint density at radius 3 is 2.29 bits per heavy atom. The highest BCUT2D eigenvalue weighted by molar-refractivity contribution is 5.85. The normalized spacial score (nSPS) is 11.8. The molecule has 0 amide bonds. The van der Waals surface area contributed by atoms with Gasteiger partial charge in [-0.3, -0.25) is 0 Å². The molecule has 1 aromatic carbocycles. The van der Waals surface area contributed by atoms with Gasteiger partial charge in [-0.2, -0.15) is 0 Å². The third-order valence-corrected chi connectivity index (χ3v) is 2.80. The molecule has 5 heteroatoms. The maximum absolute atomic E-state index is 9.87. The van der Waals surface area contributed by atoms with Crippen LogP contribution in [0, 0.1) is 0 Å². The highest BCUT2D eigenvalue weighted by Gasteiger charge is 2.11. The van der Waals surface area contributed by atoms with Crippen LogP contribution in [0.1, 0.15) is 25.5 Å². The van der Waals surface area contributed by atoms with E-state index in [1.807, 2.05) is 12.1 Å². The van der Waals surface area contributed by atoms with Crippen LogP contribution in [0.4, 0.5) is 5.69 Å². The third-order valence-electron chi connectivity index (χ3n) is 2.80. The number of nitrogens with two attached hydrogens (primary N) is 2. The minimum Gasteiger partial charge on any atom is -0.508 e. The maximum atomic E-state index is 9.87. The first-order chi connectivity index (χ1) is 7.63. The van der Waals surface area contributed by atoms with Gasteiger partial charge in [0.25, 0.3) is 0 Å². The van der Waals surface area contributed by atoms with Crippen LogP contribution in [0.5, 0.6) is 5.75 Å². The van der Waals surface area contributed by atoms with Crippen LogP contribution in [0.15, 0.2) is 18.2 Å². The second-order valence-corrected chi connectivity index (χ2v) is 3.76. The largest absolute Gasteiger partial charge is 0.508 e. The van der Waals surface area contributed by atoms with Crippen molar-refractivity contribution in [2.75, 3.05) is 24.5 Å². The molecule has 4 nitrogen and oxygen atoms in total. The Hall–Kier alpha value is -0.970. The fourth-order valence-corrected chi connectivity index (χ4v) is 1.76. The fraction of sp³-hybridized carbons (Fsp3) is 0.500. The Labute approximate surface area is 109 Å². The van der Waals surface area contributed by atoms with Crippen molar-refractivity contribution in [2.45, 2.75) is 19.9 Å². The van der Waals surface area contributed by atoms with Gasteiger partial charge < -0.3 is 21.5 Å². The Kier molecular flexibility index (Phi) is 6.95. The number of hydrogen-bond donors (Lipinski definition) is 3. The molecule has 0 aromatic heterocycles. The highest BCUT2D eigenvalue weighted by atomic mass is 35.5. The van der Waals surface area contributed by atoms with E-state index in [0.29, 0.717) is 12.1 Å². The standard InChI is InChI=1S/C12H21N3O.ClH/c1-3-15(4-2)9-5-6-10(11(14)8-13)12(16)7-9;/h5-7,11,16H,3-4,8,13-14H2,1-2H3;1H/t11-;/m0./s1. The summed E-state index contributed by atoms with van der Waals surface area (Å²) in [6, 6.07) is 5.27. The average Bonchev–Trinajstić information content (AvgIpc) is 2.30. The highest BCUT2D eigenvalue weighted by Crippen LogP contribution is 2.27. The summed E-state index contributed by atoms with van der Waals surface area (Å²) in [5, 5.41) is 9.87. The van der Waals surface area contributed by atoms with Crippen molar-refractivity contribution >= 4 is 18.1 Å². The van der Waals surface area contributed by atoms with Crippen LogP contribution >= 0.6 is 12.4 Å². The Balaban J connectivity index is 0.00000256. The molecule has 1 aromatic rings. The number of anilines is 1. The zero-order valence-corrected chi connectivity index (χ0v) is 11.2. The first-order valence-corrected chi connectivity index (χ1v) is 5.67. The second-order valence-electron chi connectivity index (χ2n) is 3.76. The summed E-state index contributed by atoms with van der Waals surface area (Å²) >= 11 is 0. The van der Waals surface area contributed by atoms with E-state index in [-0.39, 0.29) is 24.2 Å². The topological polar surface area (TPSA) is 75.5 Å². The number of hydrogen-bond acceptors (Lipinski definition) is 4. The van der Waals surface area contributed by atoms with Crippen molar-refractivity contribution in [3.63, 3.8) is 0 Å². The smallest absolute Gasteiger partial charge is 0.122 e. The molecule has 0 unspecified atom stereocenters. The molecule has 0 bridgehead atoms. The molecule has 0 aliphatic heterocycles. The Bertz CT molecular complexity index is 343. The lowest BCUT2D eigenvalue weighted by molar-refractivity contribution is 0.462. The van der Waals surface area contributed by atoms with Crippen LogP contribution in [-0.4, -0.2) is 24.7 Å². The van der Waals surface area contributed by atoms with E-state index in [9.17, 15) is 5.11 Å². The molecule has 0 heterocycles. The lowest BCUT2D eigenvalue weighted by Gasteiger charge is -2.22. The lowest BCUT2D eigenvalue weighted by atomic mass is 10.1. The van der Waals surface area contributed by atoms with Crippen molar-refractivity contribution in [3.8, 4) is 5.75 Å². The number of halogens is 1. The van der Waals surface area contributed by atoms with E-state index in [4.69, 9.17) is 11.5 Å². The van der Waals surface area contributed by atoms with Gasteiger partial charge >= 0.3 is 0 Å². The predicted octanol–water partition coefficient (Wildman–Crippen LogP) is 1.62. The minimum atomic E-state index is -0.300. The van der Waals surface area contributed by atoms with Gasteiger partial charge in [-0.05, 0) is 19.9 Å². The van der Waals surface area contributed by atoms with Crippen LogP contribution in [0.2, 0.25) is 0 Å². The number of rotatable bonds is 5. The van der Waals surface area contributed by atoms with Gasteiger partial charge in [0.2, 0.25) is 0 Å². The zero-order valence-electron chi connectivity index (χ0n) is 10.4. The number of phenolic OH excluding ortho intramolecular Hbond substituents is 1. The van der Waals surface area contributed by atoms with Gasteiger partial charge in [0, 0.05) is 43.0 Å². The van der Waals surface area contributed by atoms with E-state index < -0.39 is 0 Å². The summed E-state index contributed by atoms with van der Waals surface area (Å²) in [5.41, 5.74) is 13.0. The SMILES string of the molecule is CCN(CC)c1ccc([C@@H](N)CN)c(O)c1.Cl. The van der Waals surface area contributed by atoms with E-state index in [0.717, 1.165) is 18.8 Å². The molecule has 0 aliphatic rings. The van der Waals surface area contributed by atoms with Gasteiger partial charge in [-0.25, -0.2) is 0 Å². The maximum Gasteiger partial charge on any atom is 0.122 e. The van der Waals surface area contributed by atoms with E-state index in [1.54, 1.807) is 6.07 Å². The monoisotopic (exact) mass is 259 g/mol. The summed E-state index contributed by atoms with van der Waals surface area (Å²) in [6.45, 7) is 6.33. The second kappa shape index (κ2) is 7.37. The molecule has 1 rings (SSSR count). The molecule has 0 spiro atoms. The van der Waals surface area contributed by atoms with Crippen LogP contribution in [0.25, 0.3) is 0 Å². The number of nitrogens with zero attached hydrogens (tertiary/aromatic N) is 1. The first-order valence-electron chi connectivity index (χ1n) is 5.67. The van der Waals surface area contributed by atoms with Crippen molar-refractivity contribution in [2.24, 2.45) is 11.5 Å². The zero-order chi connectivity index (χ0) is 12.1. The van der Waals surface area contributed by atoms with Gasteiger partial charge in [0.05, 0.1) is 0 Å². The molecule has 0 radical (unpaired) electrons. The van der Waals surface area contributed by atoms with E-state index in [2.05, 4.69) is 18.7 Å². The summed E-state index contributed by atoms with van der Waals surface area (Å²) in [7, 11) is 0. The summed E-state index contributed by atoms with van der Waals surface area (Å²) in [5.74, 6) is 0.224. The average molecular weight is 260 g/mol. The summed E-state index contributed by atoms with van der Waals surface area (Å²) in [4.78, 5) is 2.16. The molecular weight excluding hydrogens is 238 g/mol. The third kappa shape index (κ3) is 3.77. The molecule has 1 atom stereocenters. The van der Waals surface area contributed by atoms with Crippen LogP contribution in [0.3, 0.4) is 0 Å². The Morgan fingerprint density at radius 2 is 1.88 bits per heavy atom. The van der Waals surface area contributed by atoms with Gasteiger partial charge in [-0.1, -0.05) is 6.07 Å². The molecule has 0 aliphatic carbocycles. The van der Waals surface area contributed by atoms with Gasteiger partial charge in [0.1, 0.15) is 5.75 Å². The molecule has 98 valence electrons. The first kappa shape index (κ1) is 16.0. The quantitative estimate of drug-likeness (QED) is 0.751. The van der Waals surface area contributed by atoms with Gasteiger partial charge in [0.15, 0.2) is 0 Å². The molecule has 0 saturated carbocycles. The fourth-order valence-electron chi connectivity index (χ4n) is 1.76. The summed E-state index contributed by atoms with van der Waals surface area (Å²) in [6.07, 6.45) is 0. The lowest BCUT2D eigenvalue weighted by Crippen LogP contribution is -2.23.